The molecule has 2 aliphatic heterocycles. The molecule has 0 bridgehead atoms. The van der Waals surface area contributed by atoms with Gasteiger partial charge in [-0.25, -0.2) is 0 Å². The average molecular weight is 269 g/mol. The van der Waals surface area contributed by atoms with Crippen LogP contribution in [0.15, 0.2) is 24.3 Å². The Balaban J connectivity index is 1.70. The number of carbonyl (C=O) groups excluding carboxylic acids is 2. The Morgan fingerprint density at radius 2 is 2.20 bits per heavy atom. The third-order valence-electron chi connectivity index (χ3n) is 3.94. The zero-order chi connectivity index (χ0) is 14.1. The van der Waals surface area contributed by atoms with Crippen LogP contribution in [0.1, 0.15) is 28.8 Å². The first-order valence-corrected chi connectivity index (χ1v) is 6.77. The third-order valence-corrected chi connectivity index (χ3v) is 3.94. The van der Waals surface area contributed by atoms with E-state index in [0.29, 0.717) is 18.7 Å². The van der Waals surface area contributed by atoms with Crippen LogP contribution in [0.25, 0.3) is 0 Å². The van der Waals surface area contributed by atoms with Crippen molar-refractivity contribution >= 4 is 11.8 Å². The zero-order valence-electron chi connectivity index (χ0n) is 11.1. The molecule has 0 radical (unpaired) electrons. The molecule has 5 heteroatoms. The van der Waals surface area contributed by atoms with E-state index in [4.69, 9.17) is 5.26 Å². The van der Waals surface area contributed by atoms with Gasteiger partial charge in [0.05, 0.1) is 6.07 Å². The Bertz CT molecular complexity index is 605. The minimum absolute atomic E-state index is 0.0612. The van der Waals surface area contributed by atoms with Gasteiger partial charge in [0.15, 0.2) is 0 Å². The maximum atomic E-state index is 12.2. The number of rotatable bonds is 2. The normalized spacial score (nSPS) is 20.9. The molecule has 2 amide bonds. The van der Waals surface area contributed by atoms with Gasteiger partial charge in [-0.1, -0.05) is 18.2 Å². The van der Waals surface area contributed by atoms with E-state index in [0.717, 1.165) is 18.4 Å². The Hall–Kier alpha value is -2.35. The molecule has 0 saturated carbocycles. The first-order chi connectivity index (χ1) is 9.70. The minimum Gasteiger partial charge on any atom is -0.325 e. The Morgan fingerprint density at radius 3 is 2.95 bits per heavy atom. The molecule has 20 heavy (non-hydrogen) atoms. The molecule has 0 aliphatic carbocycles. The number of nitriles is 1. The highest BCUT2D eigenvalue weighted by atomic mass is 16.2. The highest BCUT2D eigenvalue weighted by Crippen LogP contribution is 2.23. The predicted octanol–water partition coefficient (Wildman–Crippen LogP) is 1.16. The van der Waals surface area contributed by atoms with Crippen LogP contribution >= 0.6 is 0 Å². The quantitative estimate of drug-likeness (QED) is 0.809. The number of carbonyl (C=O) groups is 2. The fourth-order valence-electron chi connectivity index (χ4n) is 2.90. The average Bonchev–Trinajstić information content (AvgIpc) is 3.05. The Kier molecular flexibility index (Phi) is 3.15. The molecule has 2 aliphatic rings. The van der Waals surface area contributed by atoms with E-state index in [1.54, 1.807) is 15.9 Å². The van der Waals surface area contributed by atoms with E-state index in [1.807, 2.05) is 18.2 Å². The summed E-state index contributed by atoms with van der Waals surface area (Å²) in [5, 5.41) is 9.02. The number of hydrogen-bond donors (Lipinski definition) is 0. The van der Waals surface area contributed by atoms with Gasteiger partial charge in [0.2, 0.25) is 5.91 Å². The number of hydrogen-bond acceptors (Lipinski definition) is 3. The SMILES string of the molecule is N#C[C@@H]1CCCN1C(=O)CN1Cc2ccccc2C1=O. The predicted molar refractivity (Wildman–Crippen MR) is 71.5 cm³/mol. The van der Waals surface area contributed by atoms with E-state index >= 15 is 0 Å². The van der Waals surface area contributed by atoms with Crippen molar-refractivity contribution < 1.29 is 9.59 Å². The molecule has 1 saturated heterocycles. The standard InChI is InChI=1S/C15H15N3O2/c16-8-12-5-3-7-18(12)14(19)10-17-9-11-4-1-2-6-13(11)15(17)20/h1-2,4,6,12H,3,5,7,9-10H2/t12-/m0/s1. The van der Waals surface area contributed by atoms with Gasteiger partial charge in [0.25, 0.3) is 5.91 Å². The van der Waals surface area contributed by atoms with Crippen LogP contribution in [0.2, 0.25) is 0 Å². The van der Waals surface area contributed by atoms with E-state index in [-0.39, 0.29) is 24.4 Å². The minimum atomic E-state index is -0.331. The lowest BCUT2D eigenvalue weighted by atomic mass is 10.1. The molecule has 0 spiro atoms. The van der Waals surface area contributed by atoms with Crippen molar-refractivity contribution in [3.05, 3.63) is 35.4 Å². The summed E-state index contributed by atoms with van der Waals surface area (Å²) in [5.74, 6) is -0.225. The number of nitrogens with zero attached hydrogens (tertiary/aromatic N) is 3. The third kappa shape index (κ3) is 2.03. The van der Waals surface area contributed by atoms with E-state index in [1.165, 1.54) is 0 Å². The summed E-state index contributed by atoms with van der Waals surface area (Å²) in [5.41, 5.74) is 1.64. The topological polar surface area (TPSA) is 64.4 Å². The summed E-state index contributed by atoms with van der Waals surface area (Å²) in [4.78, 5) is 27.6. The van der Waals surface area contributed by atoms with Crippen molar-refractivity contribution in [3.8, 4) is 6.07 Å². The second-order valence-electron chi connectivity index (χ2n) is 5.19. The smallest absolute Gasteiger partial charge is 0.254 e. The van der Waals surface area contributed by atoms with Crippen molar-refractivity contribution in [1.82, 2.24) is 9.80 Å². The van der Waals surface area contributed by atoms with Crippen LogP contribution in [-0.4, -0.2) is 40.7 Å². The lowest BCUT2D eigenvalue weighted by Gasteiger charge is -2.23. The maximum Gasteiger partial charge on any atom is 0.254 e. The van der Waals surface area contributed by atoms with Crippen LogP contribution < -0.4 is 0 Å². The van der Waals surface area contributed by atoms with Gasteiger partial charge >= 0.3 is 0 Å². The molecule has 1 aromatic carbocycles. The number of amides is 2. The van der Waals surface area contributed by atoms with Crippen molar-refractivity contribution in [1.29, 1.82) is 5.26 Å². The van der Waals surface area contributed by atoms with E-state index in [9.17, 15) is 9.59 Å². The fourth-order valence-corrected chi connectivity index (χ4v) is 2.90. The molecular weight excluding hydrogens is 254 g/mol. The number of fused-ring (bicyclic) bond motifs is 1. The molecule has 0 N–H and O–H groups in total. The molecule has 5 nitrogen and oxygen atoms in total. The fraction of sp³-hybridized carbons (Fsp3) is 0.400. The molecule has 1 fully saturated rings. The summed E-state index contributed by atoms with van der Waals surface area (Å²) >= 11 is 0. The van der Waals surface area contributed by atoms with Gasteiger partial charge in [-0.05, 0) is 24.5 Å². The molecule has 3 rings (SSSR count). The Morgan fingerprint density at radius 1 is 1.40 bits per heavy atom. The second kappa shape index (κ2) is 4.97. The Labute approximate surface area is 117 Å². The van der Waals surface area contributed by atoms with Crippen LogP contribution in [-0.2, 0) is 11.3 Å². The summed E-state index contributed by atoms with van der Waals surface area (Å²) in [6.45, 7) is 1.16. The van der Waals surface area contributed by atoms with Crippen molar-refractivity contribution in [3.63, 3.8) is 0 Å². The molecule has 1 atom stereocenters. The number of benzene rings is 1. The lowest BCUT2D eigenvalue weighted by molar-refractivity contribution is -0.131. The monoisotopic (exact) mass is 269 g/mol. The summed E-state index contributed by atoms with van der Waals surface area (Å²) in [7, 11) is 0. The first kappa shape index (κ1) is 12.7. The van der Waals surface area contributed by atoms with Gasteiger partial charge in [-0.3, -0.25) is 9.59 Å². The van der Waals surface area contributed by atoms with Crippen LogP contribution in [0.3, 0.4) is 0 Å². The molecule has 0 unspecified atom stereocenters. The maximum absolute atomic E-state index is 12.2. The molecule has 102 valence electrons. The first-order valence-electron chi connectivity index (χ1n) is 6.77. The molecule has 2 heterocycles. The molecule has 0 aromatic heterocycles. The van der Waals surface area contributed by atoms with Crippen LogP contribution in [0.5, 0.6) is 0 Å². The second-order valence-corrected chi connectivity index (χ2v) is 5.19. The highest BCUT2D eigenvalue weighted by molar-refractivity contribution is 6.00. The van der Waals surface area contributed by atoms with Gasteiger partial charge < -0.3 is 9.80 Å². The van der Waals surface area contributed by atoms with Gasteiger partial charge in [0, 0.05) is 18.7 Å². The van der Waals surface area contributed by atoms with E-state index < -0.39 is 0 Å². The molecule has 1 aromatic rings. The van der Waals surface area contributed by atoms with Gasteiger partial charge in [-0.15, -0.1) is 0 Å². The van der Waals surface area contributed by atoms with Crippen molar-refractivity contribution in [2.24, 2.45) is 0 Å². The van der Waals surface area contributed by atoms with Gasteiger partial charge in [-0.2, -0.15) is 5.26 Å². The van der Waals surface area contributed by atoms with Gasteiger partial charge in [0.1, 0.15) is 12.6 Å². The van der Waals surface area contributed by atoms with Crippen LogP contribution in [0, 0.1) is 11.3 Å². The zero-order valence-corrected chi connectivity index (χ0v) is 11.1. The summed E-state index contributed by atoms with van der Waals surface area (Å²) in [6, 6.07) is 9.24. The lowest BCUT2D eigenvalue weighted by Crippen LogP contribution is -2.42. The van der Waals surface area contributed by atoms with Crippen molar-refractivity contribution in [2.45, 2.75) is 25.4 Å². The largest absolute Gasteiger partial charge is 0.325 e. The molecular formula is C15H15N3O2. The number of likely N-dealkylation sites (tertiary alicyclic amines) is 1. The van der Waals surface area contributed by atoms with Crippen LogP contribution in [0.4, 0.5) is 0 Å². The van der Waals surface area contributed by atoms with Crippen molar-refractivity contribution in [2.75, 3.05) is 13.1 Å². The van der Waals surface area contributed by atoms with E-state index in [2.05, 4.69) is 6.07 Å². The highest BCUT2D eigenvalue weighted by Gasteiger charge is 2.33. The summed E-state index contributed by atoms with van der Waals surface area (Å²) in [6.07, 6.45) is 1.59. The summed E-state index contributed by atoms with van der Waals surface area (Å²) < 4.78 is 0.